The molecule has 5 heteroatoms. The molecule has 0 saturated carbocycles. The number of carbonyl (C=O) groups is 1. The van der Waals surface area contributed by atoms with Gasteiger partial charge in [-0.25, -0.2) is 14.8 Å². The fourth-order valence-electron chi connectivity index (χ4n) is 2.29. The zero-order chi connectivity index (χ0) is 14.5. The molecule has 0 saturated heterocycles. The molecule has 0 aliphatic carbocycles. The van der Waals surface area contributed by atoms with Crippen LogP contribution in [-0.2, 0) is 24.1 Å². The lowest BCUT2D eigenvalue weighted by molar-refractivity contribution is 0.0516. The fraction of sp³-hybridized carbons (Fsp3) is 0.667. The van der Waals surface area contributed by atoms with E-state index < -0.39 is 0 Å². The van der Waals surface area contributed by atoms with Crippen LogP contribution in [-0.4, -0.2) is 29.1 Å². The Morgan fingerprint density at radius 3 is 2.90 bits per heavy atom. The highest BCUT2D eigenvalue weighted by Gasteiger charge is 2.22. The number of hydrogen-bond acceptors (Lipinski definition) is 5. The van der Waals surface area contributed by atoms with Gasteiger partial charge >= 0.3 is 5.97 Å². The maximum Gasteiger partial charge on any atom is 0.357 e. The van der Waals surface area contributed by atoms with Crippen LogP contribution in [0.1, 0.15) is 54.8 Å². The number of esters is 1. The van der Waals surface area contributed by atoms with Crippen LogP contribution in [0.5, 0.6) is 0 Å². The number of ether oxygens (including phenoxy) is 1. The highest BCUT2D eigenvalue weighted by molar-refractivity contribution is 5.89. The second kappa shape index (κ2) is 6.79. The highest BCUT2D eigenvalue weighted by atomic mass is 16.5. The summed E-state index contributed by atoms with van der Waals surface area (Å²) in [6, 6.07) is 0. The average Bonchev–Trinajstić information content (AvgIpc) is 2.44. The van der Waals surface area contributed by atoms with E-state index in [0.29, 0.717) is 24.8 Å². The molecule has 1 aromatic rings. The minimum atomic E-state index is -0.333. The molecule has 0 radical (unpaired) electrons. The van der Waals surface area contributed by atoms with Crippen molar-refractivity contribution in [2.75, 3.05) is 13.2 Å². The molecule has 1 aliphatic rings. The summed E-state index contributed by atoms with van der Waals surface area (Å²) in [5, 5.41) is 3.26. The number of hydrogen-bond donors (Lipinski definition) is 1. The first kappa shape index (κ1) is 14.9. The first-order chi connectivity index (χ1) is 9.61. The van der Waals surface area contributed by atoms with Gasteiger partial charge in [-0.3, -0.25) is 0 Å². The third kappa shape index (κ3) is 3.54. The van der Waals surface area contributed by atoms with Crippen molar-refractivity contribution in [3.05, 3.63) is 22.8 Å². The summed E-state index contributed by atoms with van der Waals surface area (Å²) in [4.78, 5) is 21.1. The Hall–Kier alpha value is -1.49. The summed E-state index contributed by atoms with van der Waals surface area (Å²) < 4.78 is 5.12. The van der Waals surface area contributed by atoms with E-state index in [0.717, 1.165) is 42.9 Å². The molecule has 0 spiro atoms. The Balaban J connectivity index is 2.31. The Bertz CT molecular complexity index is 486. The van der Waals surface area contributed by atoms with E-state index in [1.165, 1.54) is 0 Å². The molecule has 5 nitrogen and oxygen atoms in total. The third-order valence-electron chi connectivity index (χ3n) is 3.39. The smallest absolute Gasteiger partial charge is 0.357 e. The molecule has 0 unspecified atom stereocenters. The molecule has 1 N–H and O–H groups in total. The first-order valence-corrected chi connectivity index (χ1v) is 7.38. The van der Waals surface area contributed by atoms with Gasteiger partial charge in [-0.15, -0.1) is 0 Å². The van der Waals surface area contributed by atoms with Crippen LogP contribution in [0, 0.1) is 5.92 Å². The number of aryl methyl sites for hydroxylation is 1. The summed E-state index contributed by atoms with van der Waals surface area (Å²) in [6.45, 7) is 8.07. The van der Waals surface area contributed by atoms with Gasteiger partial charge in [0.25, 0.3) is 0 Å². The standard InChI is InChI=1S/C15H23N3O2/c1-4-20-15(19)14-11-9-16-8-7-12(11)17-13(18-14)6-5-10(2)3/h10,16H,4-9H2,1-3H3. The summed E-state index contributed by atoms with van der Waals surface area (Å²) >= 11 is 0. The Morgan fingerprint density at radius 2 is 2.20 bits per heavy atom. The van der Waals surface area contributed by atoms with Crippen LogP contribution >= 0.6 is 0 Å². The van der Waals surface area contributed by atoms with E-state index in [4.69, 9.17) is 4.74 Å². The quantitative estimate of drug-likeness (QED) is 0.833. The molecule has 20 heavy (non-hydrogen) atoms. The third-order valence-corrected chi connectivity index (χ3v) is 3.39. The minimum absolute atomic E-state index is 0.333. The van der Waals surface area contributed by atoms with Crippen LogP contribution in [0.3, 0.4) is 0 Å². The van der Waals surface area contributed by atoms with Crippen molar-refractivity contribution in [2.45, 2.75) is 46.6 Å². The number of nitrogens with zero attached hydrogens (tertiary/aromatic N) is 2. The van der Waals surface area contributed by atoms with Crippen LogP contribution in [0.2, 0.25) is 0 Å². The van der Waals surface area contributed by atoms with Gasteiger partial charge in [0.1, 0.15) is 5.82 Å². The van der Waals surface area contributed by atoms with Gasteiger partial charge in [-0.1, -0.05) is 13.8 Å². The first-order valence-electron chi connectivity index (χ1n) is 7.38. The van der Waals surface area contributed by atoms with E-state index in [9.17, 15) is 4.79 Å². The second-order valence-corrected chi connectivity index (χ2v) is 5.49. The van der Waals surface area contributed by atoms with Crippen LogP contribution in [0.15, 0.2) is 0 Å². The van der Waals surface area contributed by atoms with Gasteiger partial charge in [0, 0.05) is 31.5 Å². The second-order valence-electron chi connectivity index (χ2n) is 5.49. The lowest BCUT2D eigenvalue weighted by atomic mass is 10.0. The maximum absolute atomic E-state index is 12.1. The highest BCUT2D eigenvalue weighted by Crippen LogP contribution is 2.18. The monoisotopic (exact) mass is 277 g/mol. The normalized spacial score (nSPS) is 14.2. The maximum atomic E-state index is 12.1. The van der Waals surface area contributed by atoms with Gasteiger partial charge in [0.05, 0.1) is 12.3 Å². The van der Waals surface area contributed by atoms with Crippen molar-refractivity contribution in [1.82, 2.24) is 15.3 Å². The number of nitrogens with one attached hydrogen (secondary N) is 1. The van der Waals surface area contributed by atoms with Crippen LogP contribution in [0.4, 0.5) is 0 Å². The number of aromatic nitrogens is 2. The van der Waals surface area contributed by atoms with E-state index in [2.05, 4.69) is 29.1 Å². The lowest BCUT2D eigenvalue weighted by Gasteiger charge is -2.19. The molecule has 0 fully saturated rings. The van der Waals surface area contributed by atoms with Gasteiger partial charge in [0.2, 0.25) is 0 Å². The summed E-state index contributed by atoms with van der Waals surface area (Å²) in [5.41, 5.74) is 2.35. The summed E-state index contributed by atoms with van der Waals surface area (Å²) in [7, 11) is 0. The average molecular weight is 277 g/mol. The zero-order valence-electron chi connectivity index (χ0n) is 12.5. The predicted molar refractivity (Wildman–Crippen MR) is 76.6 cm³/mol. The predicted octanol–water partition coefficient (Wildman–Crippen LogP) is 1.89. The Morgan fingerprint density at radius 1 is 1.40 bits per heavy atom. The molecule has 0 aromatic carbocycles. The van der Waals surface area contributed by atoms with Crippen molar-refractivity contribution < 1.29 is 9.53 Å². The molecule has 0 bridgehead atoms. The van der Waals surface area contributed by atoms with Crippen molar-refractivity contribution >= 4 is 5.97 Å². The van der Waals surface area contributed by atoms with Crippen molar-refractivity contribution in [3.63, 3.8) is 0 Å². The van der Waals surface area contributed by atoms with Crippen molar-refractivity contribution in [2.24, 2.45) is 5.92 Å². The lowest BCUT2D eigenvalue weighted by Crippen LogP contribution is -2.29. The Labute approximate surface area is 120 Å². The van der Waals surface area contributed by atoms with Crippen LogP contribution < -0.4 is 5.32 Å². The minimum Gasteiger partial charge on any atom is -0.461 e. The number of carbonyl (C=O) groups excluding carboxylic acids is 1. The Kier molecular flexibility index (Phi) is 5.06. The van der Waals surface area contributed by atoms with E-state index >= 15 is 0 Å². The van der Waals surface area contributed by atoms with Gasteiger partial charge < -0.3 is 10.1 Å². The molecule has 2 heterocycles. The molecular formula is C15H23N3O2. The van der Waals surface area contributed by atoms with E-state index in [-0.39, 0.29) is 5.97 Å². The van der Waals surface area contributed by atoms with Crippen molar-refractivity contribution in [1.29, 1.82) is 0 Å². The largest absolute Gasteiger partial charge is 0.461 e. The zero-order valence-corrected chi connectivity index (χ0v) is 12.5. The summed E-state index contributed by atoms with van der Waals surface area (Å²) in [6.07, 6.45) is 2.68. The van der Waals surface area contributed by atoms with Crippen molar-refractivity contribution in [3.8, 4) is 0 Å². The van der Waals surface area contributed by atoms with Gasteiger partial charge in [0.15, 0.2) is 5.69 Å². The number of rotatable bonds is 5. The van der Waals surface area contributed by atoms with Crippen LogP contribution in [0.25, 0.3) is 0 Å². The molecule has 110 valence electrons. The molecule has 0 amide bonds. The summed E-state index contributed by atoms with van der Waals surface area (Å²) in [5.74, 6) is 1.03. The fourth-order valence-corrected chi connectivity index (χ4v) is 2.29. The molecule has 0 atom stereocenters. The SMILES string of the molecule is CCOC(=O)c1nc(CCC(C)C)nc2c1CNCC2. The number of fused-ring (bicyclic) bond motifs is 1. The van der Waals surface area contributed by atoms with E-state index in [1.807, 2.05) is 6.92 Å². The topological polar surface area (TPSA) is 64.1 Å². The van der Waals surface area contributed by atoms with Gasteiger partial charge in [-0.2, -0.15) is 0 Å². The van der Waals surface area contributed by atoms with Gasteiger partial charge in [-0.05, 0) is 19.3 Å². The van der Waals surface area contributed by atoms with E-state index in [1.54, 1.807) is 0 Å². The molecular weight excluding hydrogens is 254 g/mol. The molecule has 1 aromatic heterocycles. The molecule has 2 rings (SSSR count). The molecule has 1 aliphatic heterocycles.